The first kappa shape index (κ1) is 37.2. The summed E-state index contributed by atoms with van der Waals surface area (Å²) < 4.78 is 7.33. The first-order valence-electron chi connectivity index (χ1n) is 21.7. The molecule has 9 aromatic carbocycles. The third-order valence-electron chi connectivity index (χ3n) is 12.6. The Bertz CT molecular complexity index is 3750. The first-order valence-corrected chi connectivity index (χ1v) is 21.7. The van der Waals surface area contributed by atoms with E-state index in [4.69, 9.17) is 9.98 Å². The van der Waals surface area contributed by atoms with Gasteiger partial charge in [0.15, 0.2) is 5.84 Å². The molecule has 0 aliphatic rings. The number of benzene rings is 9. The van der Waals surface area contributed by atoms with Crippen molar-refractivity contribution in [3.05, 3.63) is 242 Å². The summed E-state index contributed by atoms with van der Waals surface area (Å²) >= 11 is 0. The van der Waals surface area contributed by atoms with Crippen molar-refractivity contribution in [1.29, 1.82) is 0 Å². The van der Waals surface area contributed by atoms with E-state index in [0.29, 0.717) is 11.5 Å². The Morgan fingerprint density at radius 1 is 0.344 bits per heavy atom. The smallest absolute Gasteiger partial charge is 0.160 e. The van der Waals surface area contributed by atoms with Crippen LogP contribution in [0, 0.1) is 0 Å². The second kappa shape index (κ2) is 15.1. The summed E-state index contributed by atoms with van der Waals surface area (Å²) in [7, 11) is 0. The number of para-hydroxylation sites is 5. The molecule has 0 spiro atoms. The van der Waals surface area contributed by atoms with Crippen LogP contribution in [-0.4, -0.2) is 25.2 Å². The lowest BCUT2D eigenvalue weighted by Gasteiger charge is -2.18. The van der Waals surface area contributed by atoms with E-state index < -0.39 is 0 Å². The summed E-state index contributed by atoms with van der Waals surface area (Å²) in [5, 5.41) is 7.21. The highest BCUT2D eigenvalue weighted by atomic mass is 15.1. The number of fused-ring (bicyclic) bond motifs is 9. The number of rotatable bonds is 7. The average Bonchev–Trinajstić information content (AvgIpc) is 3.99. The number of aliphatic imine (C=N–C) groups is 2. The zero-order valence-corrected chi connectivity index (χ0v) is 35.2. The van der Waals surface area contributed by atoms with Crippen LogP contribution in [0.15, 0.2) is 235 Å². The fourth-order valence-electron chi connectivity index (χ4n) is 9.66. The van der Waals surface area contributed by atoms with Crippen LogP contribution in [0.5, 0.6) is 0 Å². The molecule has 0 atom stereocenters. The predicted molar refractivity (Wildman–Crippen MR) is 270 cm³/mol. The molecule has 3 aromatic heterocycles. The maximum atomic E-state index is 5.22. The summed E-state index contributed by atoms with van der Waals surface area (Å²) in [6, 6.07) is 77.6. The fourth-order valence-corrected chi connectivity index (χ4v) is 9.66. The summed E-state index contributed by atoms with van der Waals surface area (Å²) in [5.41, 5.74) is 14.4. The number of amidine groups is 1. The van der Waals surface area contributed by atoms with Gasteiger partial charge in [-0.25, -0.2) is 9.98 Å². The minimum absolute atomic E-state index is 0.595. The molecule has 0 N–H and O–H groups in total. The van der Waals surface area contributed by atoms with E-state index in [-0.39, 0.29) is 0 Å². The quantitative estimate of drug-likeness (QED) is 0.114. The molecule has 0 aliphatic carbocycles. The fraction of sp³-hybridized carbons (Fsp3) is 0.0169. The molecule has 0 fully saturated rings. The van der Waals surface area contributed by atoms with Gasteiger partial charge in [0, 0.05) is 49.3 Å². The molecule has 64 heavy (non-hydrogen) atoms. The molecule has 0 aliphatic heterocycles. The van der Waals surface area contributed by atoms with Crippen molar-refractivity contribution < 1.29 is 0 Å². The van der Waals surface area contributed by atoms with Crippen LogP contribution in [0.25, 0.3) is 88.2 Å². The molecular weight excluding hydrogens is 779 g/mol. The van der Waals surface area contributed by atoms with Crippen molar-refractivity contribution in [2.24, 2.45) is 9.98 Å². The number of hydrogen-bond donors (Lipinski definition) is 0. The van der Waals surface area contributed by atoms with Gasteiger partial charge in [0.1, 0.15) is 0 Å². The van der Waals surface area contributed by atoms with Crippen LogP contribution < -0.4 is 0 Å². The Morgan fingerprint density at radius 2 is 0.750 bits per heavy atom. The maximum Gasteiger partial charge on any atom is 0.160 e. The third-order valence-corrected chi connectivity index (χ3v) is 12.6. The minimum atomic E-state index is 0.595. The Kier molecular flexibility index (Phi) is 8.80. The van der Waals surface area contributed by atoms with Gasteiger partial charge in [0.2, 0.25) is 0 Å². The largest absolute Gasteiger partial charge is 0.309 e. The highest BCUT2D eigenvalue weighted by Gasteiger charge is 2.23. The molecule has 3 heterocycles. The normalized spacial score (nSPS) is 12.4. The van der Waals surface area contributed by atoms with E-state index in [9.17, 15) is 0 Å². The van der Waals surface area contributed by atoms with Crippen LogP contribution in [-0.2, 0) is 0 Å². The molecule has 0 saturated heterocycles. The van der Waals surface area contributed by atoms with Gasteiger partial charge in [0.25, 0.3) is 0 Å². The van der Waals surface area contributed by atoms with Crippen LogP contribution in [0.1, 0.15) is 23.6 Å². The van der Waals surface area contributed by atoms with Crippen LogP contribution in [0.4, 0.5) is 0 Å². The summed E-state index contributed by atoms with van der Waals surface area (Å²) in [6.45, 7) is 6.44. The lowest BCUT2D eigenvalue weighted by atomic mass is 10.1. The van der Waals surface area contributed by atoms with E-state index in [1.165, 1.54) is 26.9 Å². The standard InChI is InChI=1S/C59H41N5/c1-39(41-20-5-3-6-21-41)60-59(61-40(2)42-22-7-4-8-23-42)43-24-19-25-44(36-43)62-51-31-14-13-30-49(51)50-37-57(63-52-32-15-9-26-45(52)46-27-10-16-33-53(46)63)58(38-56(50)62)64-54-34-17-11-28-47(54)48-29-12-18-35-55(48)64/h3-38H,1H2,2H3. The van der Waals surface area contributed by atoms with Crippen LogP contribution >= 0.6 is 0 Å². The molecule has 5 nitrogen and oxygen atoms in total. The van der Waals surface area contributed by atoms with Crippen molar-refractivity contribution in [3.63, 3.8) is 0 Å². The maximum absolute atomic E-state index is 5.22. The molecule has 0 unspecified atom stereocenters. The number of aromatic nitrogens is 3. The second-order valence-electron chi connectivity index (χ2n) is 16.3. The number of nitrogens with zero attached hydrogens (tertiary/aromatic N) is 5. The Labute approximate surface area is 370 Å². The zero-order chi connectivity index (χ0) is 42.7. The predicted octanol–water partition coefficient (Wildman–Crippen LogP) is 14.9. The average molecular weight is 820 g/mol. The molecule has 302 valence electrons. The van der Waals surface area contributed by atoms with Crippen LogP contribution in [0.3, 0.4) is 0 Å². The first-order chi connectivity index (χ1) is 31.6. The summed E-state index contributed by atoms with van der Waals surface area (Å²) in [5.74, 6) is 0.595. The molecule has 12 aromatic rings. The second-order valence-corrected chi connectivity index (χ2v) is 16.3. The Balaban J connectivity index is 1.16. The molecular formula is C59H41N5. The van der Waals surface area contributed by atoms with Gasteiger partial charge in [-0.15, -0.1) is 0 Å². The van der Waals surface area contributed by atoms with E-state index >= 15 is 0 Å². The van der Waals surface area contributed by atoms with E-state index in [0.717, 1.165) is 78.0 Å². The molecule has 0 radical (unpaired) electrons. The molecule has 0 amide bonds. The van der Waals surface area contributed by atoms with E-state index in [2.05, 4.69) is 190 Å². The zero-order valence-electron chi connectivity index (χ0n) is 35.2. The molecule has 0 saturated carbocycles. The van der Waals surface area contributed by atoms with Gasteiger partial charge in [-0.1, -0.05) is 170 Å². The van der Waals surface area contributed by atoms with Gasteiger partial charge in [0.05, 0.1) is 50.2 Å². The monoisotopic (exact) mass is 819 g/mol. The lowest BCUT2D eigenvalue weighted by Crippen LogP contribution is -2.06. The Hall–Kier alpha value is -8.54. The summed E-state index contributed by atoms with van der Waals surface area (Å²) in [6.07, 6.45) is 0. The summed E-state index contributed by atoms with van der Waals surface area (Å²) in [4.78, 5) is 10.4. The topological polar surface area (TPSA) is 39.5 Å². The highest BCUT2D eigenvalue weighted by molar-refractivity contribution is 6.16. The lowest BCUT2D eigenvalue weighted by molar-refractivity contribution is 1.09. The van der Waals surface area contributed by atoms with Gasteiger partial charge < -0.3 is 13.7 Å². The van der Waals surface area contributed by atoms with Crippen molar-refractivity contribution in [2.75, 3.05) is 0 Å². The van der Waals surface area contributed by atoms with Crippen molar-refractivity contribution in [2.45, 2.75) is 6.92 Å². The molecule has 12 rings (SSSR count). The minimum Gasteiger partial charge on any atom is -0.309 e. The van der Waals surface area contributed by atoms with Gasteiger partial charge in [-0.3, -0.25) is 0 Å². The third kappa shape index (κ3) is 6.01. The molecule has 5 heteroatoms. The molecule has 0 bridgehead atoms. The van der Waals surface area contributed by atoms with Gasteiger partial charge in [-0.05, 0) is 72.6 Å². The van der Waals surface area contributed by atoms with Crippen molar-refractivity contribution >= 4 is 82.7 Å². The highest BCUT2D eigenvalue weighted by Crippen LogP contribution is 2.42. The van der Waals surface area contributed by atoms with E-state index in [1.807, 2.05) is 55.5 Å². The SMILES string of the molecule is C=C(N=C(N=C(C)c1ccccc1)c1cccc(-n2c3ccccc3c3cc(-n4c5ccccc5c5ccccc54)c(-n4c5ccccc5c5ccccc54)cc32)c1)c1ccccc1. The number of hydrogen-bond acceptors (Lipinski definition) is 1. The van der Waals surface area contributed by atoms with Crippen LogP contribution in [0.2, 0.25) is 0 Å². The van der Waals surface area contributed by atoms with E-state index in [1.54, 1.807) is 0 Å². The van der Waals surface area contributed by atoms with Gasteiger partial charge in [-0.2, -0.15) is 0 Å². The Morgan fingerprint density at radius 3 is 1.27 bits per heavy atom. The van der Waals surface area contributed by atoms with Gasteiger partial charge >= 0.3 is 0 Å². The van der Waals surface area contributed by atoms with Crippen molar-refractivity contribution in [1.82, 2.24) is 13.7 Å². The van der Waals surface area contributed by atoms with Crippen molar-refractivity contribution in [3.8, 4) is 17.1 Å².